The van der Waals surface area contributed by atoms with Gasteiger partial charge in [-0.25, -0.2) is 0 Å². The van der Waals surface area contributed by atoms with Gasteiger partial charge in [-0.05, 0) is 80.1 Å². The minimum Gasteiger partial charge on any atom is -0.0836 e. The second-order valence-electron chi connectivity index (χ2n) is 7.46. The van der Waals surface area contributed by atoms with Gasteiger partial charge in [0.25, 0.3) is 0 Å². The Balaban J connectivity index is 1.64. The van der Waals surface area contributed by atoms with Crippen molar-refractivity contribution in [1.29, 1.82) is 0 Å². The molecule has 0 heterocycles. The summed E-state index contributed by atoms with van der Waals surface area (Å²) < 4.78 is 0. The second-order valence-corrected chi connectivity index (χ2v) is 13.6. The molecule has 0 amide bonds. The number of hydrogen-bond donors (Lipinski definition) is 0. The van der Waals surface area contributed by atoms with E-state index >= 15 is 0 Å². The third kappa shape index (κ3) is 6.13. The zero-order chi connectivity index (χ0) is 23.2. The molecule has 0 spiro atoms. The van der Waals surface area contributed by atoms with E-state index in [1.807, 2.05) is 72.8 Å². The van der Waals surface area contributed by atoms with Crippen molar-refractivity contribution in [3.63, 3.8) is 0 Å². The molecule has 0 aliphatic heterocycles. The van der Waals surface area contributed by atoms with Crippen LogP contribution in [0.1, 0.15) is 6.42 Å². The molecule has 0 aliphatic carbocycles. The molecule has 0 aliphatic rings. The maximum Gasteiger partial charge on any atom is 0.0486 e. The molecule has 0 saturated heterocycles. The van der Waals surface area contributed by atoms with Crippen LogP contribution in [0.25, 0.3) is 0 Å². The molecule has 0 atom stereocenters. The Labute approximate surface area is 218 Å². The lowest BCUT2D eigenvalue weighted by atomic mass is 10.4. The van der Waals surface area contributed by atoms with Crippen LogP contribution < -0.4 is 21.2 Å². The minimum atomic E-state index is -0.696. The zero-order valence-corrected chi connectivity index (χ0v) is 22.6. The summed E-state index contributed by atoms with van der Waals surface area (Å²) in [5.41, 5.74) is 0. The quantitative estimate of drug-likeness (QED) is 0.194. The van der Waals surface area contributed by atoms with Gasteiger partial charge in [-0.2, -0.15) is 0 Å². The molecule has 0 saturated carbocycles. The van der Waals surface area contributed by atoms with E-state index in [4.69, 9.17) is 46.4 Å². The summed E-state index contributed by atoms with van der Waals surface area (Å²) in [5, 5.41) is 7.85. The molecule has 33 heavy (non-hydrogen) atoms. The Morgan fingerprint density at radius 1 is 0.394 bits per heavy atom. The van der Waals surface area contributed by atoms with Gasteiger partial charge in [0.05, 0.1) is 0 Å². The summed E-state index contributed by atoms with van der Waals surface area (Å²) >= 11 is 26.6. The molecule has 0 radical (unpaired) electrons. The van der Waals surface area contributed by atoms with Gasteiger partial charge in [-0.1, -0.05) is 119 Å². The van der Waals surface area contributed by atoms with E-state index in [1.165, 1.54) is 21.2 Å². The highest BCUT2D eigenvalue weighted by Gasteiger charge is 2.22. The van der Waals surface area contributed by atoms with E-state index < -0.39 is 15.8 Å². The van der Waals surface area contributed by atoms with Crippen molar-refractivity contribution < 1.29 is 0 Å². The molecule has 4 rings (SSSR count). The molecule has 168 valence electrons. The van der Waals surface area contributed by atoms with Crippen LogP contribution in [0.2, 0.25) is 20.1 Å². The molecule has 0 bridgehead atoms. The smallest absolute Gasteiger partial charge is 0.0486 e. The first-order chi connectivity index (χ1) is 16.1. The Bertz CT molecular complexity index is 1040. The van der Waals surface area contributed by atoms with Crippen molar-refractivity contribution in [1.82, 2.24) is 0 Å². The number of halogens is 4. The minimum absolute atomic E-state index is 0.696. The SMILES string of the molecule is Clc1ccccc1P(CCCP(c1ccccc1Cl)c1ccccc1Cl)c1ccccc1Cl. The average Bonchev–Trinajstić information content (AvgIpc) is 2.82. The standard InChI is InChI=1S/C27H22Cl4P2/c28-20-10-1-5-14-24(20)32(25-15-6-2-11-21(25)29)18-9-19-33(26-16-7-3-12-22(26)30)27-17-8-4-13-23(27)31/h1-8,10-17H,9,18-19H2. The molecule has 0 nitrogen and oxygen atoms in total. The van der Waals surface area contributed by atoms with Gasteiger partial charge in [-0.3, -0.25) is 0 Å². The van der Waals surface area contributed by atoms with Gasteiger partial charge in [0, 0.05) is 20.1 Å². The summed E-state index contributed by atoms with van der Waals surface area (Å²) in [5.74, 6) is 0. The lowest BCUT2D eigenvalue weighted by Gasteiger charge is -2.24. The summed E-state index contributed by atoms with van der Waals surface area (Å²) in [6, 6.07) is 32.4. The lowest BCUT2D eigenvalue weighted by molar-refractivity contribution is 1.11. The van der Waals surface area contributed by atoms with Crippen molar-refractivity contribution in [2.75, 3.05) is 12.3 Å². The van der Waals surface area contributed by atoms with Crippen LogP contribution in [0, 0.1) is 0 Å². The number of rotatable bonds is 8. The predicted molar refractivity (Wildman–Crippen MR) is 153 cm³/mol. The summed E-state index contributed by atoms with van der Waals surface area (Å²) in [4.78, 5) is 0. The highest BCUT2D eigenvalue weighted by Crippen LogP contribution is 2.43. The predicted octanol–water partition coefficient (Wildman–Crippen LogP) is 8.26. The zero-order valence-electron chi connectivity index (χ0n) is 17.8. The fraction of sp³-hybridized carbons (Fsp3) is 0.111. The first-order valence-electron chi connectivity index (χ1n) is 10.6. The second kappa shape index (κ2) is 12.0. The Morgan fingerprint density at radius 2 is 0.636 bits per heavy atom. The molecule has 0 aromatic heterocycles. The number of hydrogen-bond acceptors (Lipinski definition) is 0. The first kappa shape index (κ1) is 25.0. The highest BCUT2D eigenvalue weighted by molar-refractivity contribution is 7.74. The van der Waals surface area contributed by atoms with Crippen LogP contribution in [-0.2, 0) is 0 Å². The maximum atomic E-state index is 6.64. The van der Waals surface area contributed by atoms with Gasteiger partial charge in [0.2, 0.25) is 0 Å². The van der Waals surface area contributed by atoms with Crippen molar-refractivity contribution in [3.8, 4) is 0 Å². The van der Waals surface area contributed by atoms with Gasteiger partial charge >= 0.3 is 0 Å². The van der Waals surface area contributed by atoms with Crippen LogP contribution in [0.3, 0.4) is 0 Å². The molecular formula is C27H22Cl4P2. The Hall–Kier alpha value is -1.10. The van der Waals surface area contributed by atoms with Crippen molar-refractivity contribution in [3.05, 3.63) is 117 Å². The van der Waals surface area contributed by atoms with Gasteiger partial charge in [0.15, 0.2) is 0 Å². The van der Waals surface area contributed by atoms with E-state index in [2.05, 4.69) is 24.3 Å². The molecule has 0 unspecified atom stereocenters. The molecule has 6 heteroatoms. The molecule has 0 fully saturated rings. The van der Waals surface area contributed by atoms with Crippen molar-refractivity contribution in [2.45, 2.75) is 6.42 Å². The van der Waals surface area contributed by atoms with Crippen LogP contribution in [0.15, 0.2) is 97.1 Å². The largest absolute Gasteiger partial charge is 0.0836 e. The van der Waals surface area contributed by atoms with E-state index in [1.54, 1.807) is 0 Å². The fourth-order valence-corrected chi connectivity index (χ4v) is 10.7. The van der Waals surface area contributed by atoms with Gasteiger partial charge in [-0.15, -0.1) is 0 Å². The third-order valence-electron chi connectivity index (χ3n) is 5.34. The number of benzene rings is 4. The van der Waals surface area contributed by atoms with Crippen molar-refractivity contribution in [2.24, 2.45) is 0 Å². The molecule has 0 N–H and O–H groups in total. The maximum absolute atomic E-state index is 6.64. The topological polar surface area (TPSA) is 0 Å². The van der Waals surface area contributed by atoms with Crippen LogP contribution >= 0.6 is 62.2 Å². The van der Waals surface area contributed by atoms with Crippen LogP contribution in [-0.4, -0.2) is 12.3 Å². The Kier molecular flexibility index (Phi) is 9.12. The molecule has 4 aromatic carbocycles. The summed E-state index contributed by atoms with van der Waals surface area (Å²) in [7, 11) is -1.39. The molecular weight excluding hydrogens is 528 g/mol. The van der Waals surface area contributed by atoms with Gasteiger partial charge < -0.3 is 0 Å². The van der Waals surface area contributed by atoms with Crippen LogP contribution in [0.4, 0.5) is 0 Å². The van der Waals surface area contributed by atoms with Crippen molar-refractivity contribution >= 4 is 83.5 Å². The van der Waals surface area contributed by atoms with Gasteiger partial charge in [0.1, 0.15) is 0 Å². The van der Waals surface area contributed by atoms with E-state index in [0.717, 1.165) is 38.8 Å². The van der Waals surface area contributed by atoms with E-state index in [-0.39, 0.29) is 0 Å². The first-order valence-corrected chi connectivity index (χ1v) is 15.2. The van der Waals surface area contributed by atoms with E-state index in [0.29, 0.717) is 0 Å². The summed E-state index contributed by atoms with van der Waals surface area (Å²) in [6.07, 6.45) is 2.97. The lowest BCUT2D eigenvalue weighted by Crippen LogP contribution is -2.19. The Morgan fingerprint density at radius 3 is 0.879 bits per heavy atom. The monoisotopic (exact) mass is 548 g/mol. The van der Waals surface area contributed by atoms with Crippen LogP contribution in [0.5, 0.6) is 0 Å². The third-order valence-corrected chi connectivity index (χ3v) is 12.6. The summed E-state index contributed by atoms with van der Waals surface area (Å²) in [6.45, 7) is 0. The highest BCUT2D eigenvalue weighted by atomic mass is 35.5. The fourth-order valence-electron chi connectivity index (χ4n) is 3.81. The van der Waals surface area contributed by atoms with E-state index in [9.17, 15) is 0 Å². The normalized spacial score (nSPS) is 11.3. The molecule has 4 aromatic rings. The average molecular weight is 550 g/mol.